The van der Waals surface area contributed by atoms with Crippen molar-refractivity contribution in [3.63, 3.8) is 0 Å². The number of aromatic nitrogens is 1. The van der Waals surface area contributed by atoms with Crippen molar-refractivity contribution >= 4 is 35.4 Å². The van der Waals surface area contributed by atoms with Crippen molar-refractivity contribution in [3.8, 4) is 0 Å². The van der Waals surface area contributed by atoms with Crippen LogP contribution in [0.5, 0.6) is 0 Å². The van der Waals surface area contributed by atoms with Gasteiger partial charge < -0.3 is 4.42 Å². The zero-order valence-electron chi connectivity index (χ0n) is 8.31. The van der Waals surface area contributed by atoms with Crippen LogP contribution in [-0.2, 0) is 0 Å². The highest BCUT2D eigenvalue weighted by Gasteiger charge is 2.07. The standard InChI is InChI=1S/C12H6BNO2/c13-7-3-4-9-8(6-7)12(15)11-10(16-9)2-1-5-14-11/h1-6H. The van der Waals surface area contributed by atoms with Gasteiger partial charge in [-0.15, -0.1) is 0 Å². The molecule has 3 rings (SSSR count). The van der Waals surface area contributed by atoms with Crippen LogP contribution in [0.25, 0.3) is 22.1 Å². The molecule has 0 aliphatic heterocycles. The highest BCUT2D eigenvalue weighted by Crippen LogP contribution is 2.15. The van der Waals surface area contributed by atoms with E-state index in [9.17, 15) is 4.79 Å². The third-order valence-electron chi connectivity index (χ3n) is 2.45. The second-order valence-electron chi connectivity index (χ2n) is 3.54. The number of hydrogen-bond donors (Lipinski definition) is 0. The zero-order valence-corrected chi connectivity index (χ0v) is 8.31. The minimum absolute atomic E-state index is 0.149. The molecule has 0 saturated heterocycles. The molecule has 0 aliphatic carbocycles. The number of rotatable bonds is 0. The lowest BCUT2D eigenvalue weighted by atomic mass is 9.95. The number of fused-ring (bicyclic) bond motifs is 2. The average molecular weight is 207 g/mol. The van der Waals surface area contributed by atoms with Crippen LogP contribution in [0, 0.1) is 0 Å². The lowest BCUT2D eigenvalue weighted by Gasteiger charge is -2.00. The van der Waals surface area contributed by atoms with Crippen LogP contribution in [0.15, 0.2) is 45.7 Å². The van der Waals surface area contributed by atoms with E-state index in [2.05, 4.69) is 4.98 Å². The predicted octanol–water partition coefficient (Wildman–Crippen LogP) is 1.14. The van der Waals surface area contributed by atoms with Gasteiger partial charge in [-0.3, -0.25) is 4.79 Å². The van der Waals surface area contributed by atoms with Crippen molar-refractivity contribution in [2.45, 2.75) is 0 Å². The van der Waals surface area contributed by atoms with Crippen molar-refractivity contribution in [2.75, 3.05) is 0 Å². The van der Waals surface area contributed by atoms with E-state index in [1.54, 1.807) is 36.5 Å². The molecule has 0 bridgehead atoms. The first-order chi connectivity index (χ1) is 7.75. The van der Waals surface area contributed by atoms with Gasteiger partial charge in [0.05, 0.1) is 5.39 Å². The maximum atomic E-state index is 12.1. The van der Waals surface area contributed by atoms with E-state index < -0.39 is 0 Å². The molecule has 74 valence electrons. The minimum atomic E-state index is -0.149. The Morgan fingerprint density at radius 3 is 2.94 bits per heavy atom. The first-order valence-electron chi connectivity index (χ1n) is 4.83. The van der Waals surface area contributed by atoms with Crippen molar-refractivity contribution in [1.29, 1.82) is 0 Å². The van der Waals surface area contributed by atoms with Crippen molar-refractivity contribution in [3.05, 3.63) is 46.8 Å². The van der Waals surface area contributed by atoms with Crippen LogP contribution in [0.4, 0.5) is 0 Å². The molecule has 0 N–H and O–H groups in total. The highest BCUT2D eigenvalue weighted by atomic mass is 16.3. The van der Waals surface area contributed by atoms with E-state index in [0.717, 1.165) is 0 Å². The van der Waals surface area contributed by atoms with Gasteiger partial charge in [-0.1, -0.05) is 17.6 Å². The van der Waals surface area contributed by atoms with Gasteiger partial charge in [-0.05, 0) is 18.2 Å². The molecule has 0 unspecified atom stereocenters. The number of benzene rings is 1. The van der Waals surface area contributed by atoms with Crippen molar-refractivity contribution in [2.24, 2.45) is 0 Å². The summed E-state index contributed by atoms with van der Waals surface area (Å²) >= 11 is 0. The van der Waals surface area contributed by atoms with Crippen LogP contribution >= 0.6 is 0 Å². The Bertz CT molecular complexity index is 749. The Balaban J connectivity index is 2.61. The summed E-state index contributed by atoms with van der Waals surface area (Å²) in [6.45, 7) is 0. The molecule has 3 nitrogen and oxygen atoms in total. The Morgan fingerprint density at radius 2 is 2.06 bits per heavy atom. The fraction of sp³-hybridized carbons (Fsp3) is 0. The van der Waals surface area contributed by atoms with Gasteiger partial charge in [0.1, 0.15) is 13.4 Å². The van der Waals surface area contributed by atoms with E-state index in [1.165, 1.54) is 0 Å². The predicted molar refractivity (Wildman–Crippen MR) is 63.2 cm³/mol. The summed E-state index contributed by atoms with van der Waals surface area (Å²) in [6, 6.07) is 8.45. The fourth-order valence-corrected chi connectivity index (χ4v) is 1.70. The van der Waals surface area contributed by atoms with E-state index in [0.29, 0.717) is 27.5 Å². The van der Waals surface area contributed by atoms with Gasteiger partial charge in [-0.2, -0.15) is 0 Å². The molecule has 0 saturated carbocycles. The van der Waals surface area contributed by atoms with E-state index in [-0.39, 0.29) is 5.43 Å². The first kappa shape index (κ1) is 9.15. The molecule has 3 aromatic rings. The number of hydrogen-bond acceptors (Lipinski definition) is 3. The van der Waals surface area contributed by atoms with Gasteiger partial charge >= 0.3 is 0 Å². The van der Waals surface area contributed by atoms with Gasteiger partial charge in [0.15, 0.2) is 11.1 Å². The zero-order chi connectivity index (χ0) is 11.1. The quantitative estimate of drug-likeness (QED) is 0.410. The molecule has 0 aliphatic rings. The Labute approximate surface area is 92.1 Å². The first-order valence-corrected chi connectivity index (χ1v) is 4.83. The SMILES string of the molecule is [B]c1ccc2oc3cccnc3c(=O)c2c1. The largest absolute Gasteiger partial charge is 0.454 e. The Hall–Kier alpha value is -2.10. The molecule has 2 heterocycles. The summed E-state index contributed by atoms with van der Waals surface area (Å²) in [4.78, 5) is 16.1. The van der Waals surface area contributed by atoms with E-state index >= 15 is 0 Å². The molecule has 2 radical (unpaired) electrons. The van der Waals surface area contributed by atoms with Gasteiger partial charge in [0.2, 0.25) is 5.43 Å². The molecular weight excluding hydrogens is 201 g/mol. The fourth-order valence-electron chi connectivity index (χ4n) is 1.70. The lowest BCUT2D eigenvalue weighted by Crippen LogP contribution is -2.08. The molecule has 0 spiro atoms. The molecule has 4 heteroatoms. The maximum Gasteiger partial charge on any atom is 0.218 e. The van der Waals surface area contributed by atoms with Crippen LogP contribution in [-0.4, -0.2) is 12.8 Å². The normalized spacial score (nSPS) is 11.0. The third kappa shape index (κ3) is 1.23. The van der Waals surface area contributed by atoms with Crippen LogP contribution in [0.3, 0.4) is 0 Å². The number of nitrogens with zero attached hydrogens (tertiary/aromatic N) is 1. The molecule has 1 aromatic carbocycles. The number of pyridine rings is 1. The topological polar surface area (TPSA) is 43.1 Å². The summed E-state index contributed by atoms with van der Waals surface area (Å²) in [5, 5.41) is 0.464. The second-order valence-corrected chi connectivity index (χ2v) is 3.54. The van der Waals surface area contributed by atoms with Gasteiger partial charge in [-0.25, -0.2) is 4.98 Å². The summed E-state index contributed by atoms with van der Waals surface area (Å²) in [6.07, 6.45) is 1.57. The van der Waals surface area contributed by atoms with Gasteiger partial charge in [0.25, 0.3) is 0 Å². The van der Waals surface area contributed by atoms with Crippen LogP contribution in [0.2, 0.25) is 0 Å². The molecular formula is C12H6BNO2. The van der Waals surface area contributed by atoms with Crippen molar-refractivity contribution < 1.29 is 4.42 Å². The summed E-state index contributed by atoms with van der Waals surface area (Å²) in [7, 11) is 5.64. The third-order valence-corrected chi connectivity index (χ3v) is 2.45. The maximum absolute atomic E-state index is 12.1. The average Bonchev–Trinajstić information content (AvgIpc) is 2.31. The summed E-state index contributed by atoms with van der Waals surface area (Å²) in [5.41, 5.74) is 1.74. The van der Waals surface area contributed by atoms with Gasteiger partial charge in [0, 0.05) is 6.20 Å². The Morgan fingerprint density at radius 1 is 1.19 bits per heavy atom. The minimum Gasteiger partial charge on any atom is -0.454 e. The smallest absolute Gasteiger partial charge is 0.218 e. The summed E-state index contributed by atoms with van der Waals surface area (Å²) < 4.78 is 5.56. The molecule has 0 amide bonds. The second kappa shape index (κ2) is 3.20. The van der Waals surface area contributed by atoms with Crippen LogP contribution < -0.4 is 10.9 Å². The Kier molecular flexibility index (Phi) is 1.83. The van der Waals surface area contributed by atoms with Crippen LogP contribution in [0.1, 0.15) is 0 Å². The highest BCUT2D eigenvalue weighted by molar-refractivity contribution is 6.33. The molecule has 16 heavy (non-hydrogen) atoms. The van der Waals surface area contributed by atoms with Crippen molar-refractivity contribution in [1.82, 2.24) is 4.98 Å². The lowest BCUT2D eigenvalue weighted by molar-refractivity contribution is 0.658. The van der Waals surface area contributed by atoms with E-state index in [1.807, 2.05) is 0 Å². The molecule has 2 aromatic heterocycles. The molecule has 0 atom stereocenters. The van der Waals surface area contributed by atoms with E-state index in [4.69, 9.17) is 12.3 Å². The summed E-state index contributed by atoms with van der Waals surface area (Å²) in [5.74, 6) is 0. The molecule has 0 fully saturated rings. The monoisotopic (exact) mass is 207 g/mol.